The van der Waals surface area contributed by atoms with Gasteiger partial charge in [-0.3, -0.25) is 9.69 Å². The molecule has 0 unspecified atom stereocenters. The number of nitrogens with zero attached hydrogens (tertiary/aromatic N) is 2. The van der Waals surface area contributed by atoms with E-state index in [1.165, 1.54) is 17.6 Å². The van der Waals surface area contributed by atoms with E-state index in [1.54, 1.807) is 24.0 Å². The van der Waals surface area contributed by atoms with Crippen molar-refractivity contribution in [3.05, 3.63) is 57.8 Å². The second kappa shape index (κ2) is 9.36. The van der Waals surface area contributed by atoms with Crippen molar-refractivity contribution >= 4 is 29.2 Å². The highest BCUT2D eigenvalue weighted by atomic mass is 32.1. The smallest absolute Gasteiger partial charge is 0.338 e. The summed E-state index contributed by atoms with van der Waals surface area (Å²) < 4.78 is 10.5. The number of piperazine rings is 1. The SMILES string of the molecule is CCOC(=O)C1=C(CN2CCN(C(=O)c3ccco3)CC2)NC(=O)N[C@H]1c1cccs1. The summed E-state index contributed by atoms with van der Waals surface area (Å²) in [6, 6.07) is 6.21. The van der Waals surface area contributed by atoms with Crippen molar-refractivity contribution in [3.63, 3.8) is 0 Å². The molecule has 2 aliphatic rings. The number of rotatable bonds is 6. The van der Waals surface area contributed by atoms with Crippen LogP contribution in [0.5, 0.6) is 0 Å². The monoisotopic (exact) mass is 444 g/mol. The summed E-state index contributed by atoms with van der Waals surface area (Å²) in [4.78, 5) is 42.3. The van der Waals surface area contributed by atoms with Gasteiger partial charge in [-0.15, -0.1) is 11.3 Å². The number of hydrogen-bond acceptors (Lipinski definition) is 7. The molecule has 0 aliphatic carbocycles. The van der Waals surface area contributed by atoms with E-state index < -0.39 is 12.0 Å². The molecule has 2 aliphatic heterocycles. The third-order valence-corrected chi connectivity index (χ3v) is 6.19. The van der Waals surface area contributed by atoms with Crippen molar-refractivity contribution in [2.75, 3.05) is 39.3 Å². The zero-order valence-electron chi connectivity index (χ0n) is 17.1. The fourth-order valence-corrected chi connectivity index (χ4v) is 4.53. The maximum atomic E-state index is 12.8. The van der Waals surface area contributed by atoms with Gasteiger partial charge in [0.05, 0.1) is 24.5 Å². The molecule has 4 rings (SSSR count). The minimum Gasteiger partial charge on any atom is -0.463 e. The predicted molar refractivity (Wildman–Crippen MR) is 113 cm³/mol. The van der Waals surface area contributed by atoms with Crippen molar-refractivity contribution in [1.82, 2.24) is 20.4 Å². The Hall–Kier alpha value is -3.11. The Morgan fingerprint density at radius 1 is 1.23 bits per heavy atom. The molecule has 3 amide bonds. The Kier molecular flexibility index (Phi) is 6.38. The number of thiophene rings is 1. The van der Waals surface area contributed by atoms with Crippen LogP contribution in [0.15, 0.2) is 51.6 Å². The number of hydrogen-bond donors (Lipinski definition) is 2. The maximum Gasteiger partial charge on any atom is 0.338 e. The first-order valence-electron chi connectivity index (χ1n) is 10.1. The van der Waals surface area contributed by atoms with E-state index in [1.807, 2.05) is 17.5 Å². The summed E-state index contributed by atoms with van der Waals surface area (Å²) in [7, 11) is 0. The zero-order chi connectivity index (χ0) is 21.8. The lowest BCUT2D eigenvalue weighted by atomic mass is 10.0. The minimum atomic E-state index is -0.551. The number of ether oxygens (including phenoxy) is 1. The second-order valence-electron chi connectivity index (χ2n) is 7.21. The summed E-state index contributed by atoms with van der Waals surface area (Å²) in [5.41, 5.74) is 0.949. The number of carbonyl (C=O) groups is 3. The second-order valence-corrected chi connectivity index (χ2v) is 8.18. The number of amides is 3. The third-order valence-electron chi connectivity index (χ3n) is 5.25. The molecule has 0 saturated carbocycles. The van der Waals surface area contributed by atoms with Gasteiger partial charge in [-0.1, -0.05) is 6.07 Å². The maximum absolute atomic E-state index is 12.8. The Morgan fingerprint density at radius 2 is 2.03 bits per heavy atom. The number of urea groups is 1. The highest BCUT2D eigenvalue weighted by molar-refractivity contribution is 7.10. The zero-order valence-corrected chi connectivity index (χ0v) is 17.9. The van der Waals surface area contributed by atoms with E-state index in [-0.39, 0.29) is 18.5 Å². The molecule has 0 spiro atoms. The first-order chi connectivity index (χ1) is 15.1. The molecule has 1 fully saturated rings. The van der Waals surface area contributed by atoms with Gasteiger partial charge in [0, 0.05) is 43.3 Å². The first-order valence-corrected chi connectivity index (χ1v) is 11.0. The van der Waals surface area contributed by atoms with E-state index in [2.05, 4.69) is 15.5 Å². The third kappa shape index (κ3) is 4.64. The quantitative estimate of drug-likeness (QED) is 0.661. The molecule has 9 nitrogen and oxygen atoms in total. The number of esters is 1. The van der Waals surface area contributed by atoms with Gasteiger partial charge in [-0.05, 0) is 30.5 Å². The van der Waals surface area contributed by atoms with Crippen molar-refractivity contribution < 1.29 is 23.5 Å². The summed E-state index contributed by atoms with van der Waals surface area (Å²) in [6.07, 6.45) is 1.48. The largest absolute Gasteiger partial charge is 0.463 e. The van der Waals surface area contributed by atoms with Crippen LogP contribution < -0.4 is 10.6 Å². The summed E-state index contributed by atoms with van der Waals surface area (Å²) in [5.74, 6) is -0.260. The van der Waals surface area contributed by atoms with Gasteiger partial charge in [0.25, 0.3) is 5.91 Å². The number of nitrogens with one attached hydrogen (secondary N) is 2. The fraction of sp³-hybridized carbons (Fsp3) is 0.381. The topological polar surface area (TPSA) is 104 Å². The molecule has 0 bridgehead atoms. The Balaban J connectivity index is 1.50. The average molecular weight is 445 g/mol. The van der Waals surface area contributed by atoms with Crippen LogP contribution in [0.3, 0.4) is 0 Å². The first kappa shape index (κ1) is 21.1. The highest BCUT2D eigenvalue weighted by Crippen LogP contribution is 2.31. The van der Waals surface area contributed by atoms with E-state index >= 15 is 0 Å². The van der Waals surface area contributed by atoms with E-state index in [9.17, 15) is 14.4 Å². The van der Waals surface area contributed by atoms with Crippen molar-refractivity contribution in [1.29, 1.82) is 0 Å². The van der Waals surface area contributed by atoms with Crippen LogP contribution in [0.4, 0.5) is 4.79 Å². The molecule has 1 atom stereocenters. The summed E-state index contributed by atoms with van der Waals surface area (Å²) in [6.45, 7) is 4.66. The lowest BCUT2D eigenvalue weighted by Crippen LogP contribution is -2.52. The Morgan fingerprint density at radius 3 is 2.68 bits per heavy atom. The molecule has 2 aromatic heterocycles. The van der Waals surface area contributed by atoms with Crippen LogP contribution in [0.2, 0.25) is 0 Å². The van der Waals surface area contributed by atoms with Gasteiger partial charge < -0.3 is 24.7 Å². The number of carbonyl (C=O) groups excluding carboxylic acids is 3. The summed E-state index contributed by atoms with van der Waals surface area (Å²) >= 11 is 1.47. The molecule has 10 heteroatoms. The van der Waals surface area contributed by atoms with Crippen LogP contribution in [0.1, 0.15) is 28.4 Å². The molecule has 2 aromatic rings. The Bertz CT molecular complexity index is 962. The van der Waals surface area contributed by atoms with Crippen molar-refractivity contribution in [3.8, 4) is 0 Å². The standard InChI is InChI=1S/C21H24N4O5S/c1-2-29-20(27)17-14(22-21(28)23-18(17)16-6-4-12-31-16)13-24-7-9-25(10-8-24)19(26)15-5-3-11-30-15/h3-6,11-12,18H,2,7-10,13H2,1H3,(H2,22,23,28)/t18-/m0/s1. The van der Waals surface area contributed by atoms with Crippen LogP contribution in [-0.2, 0) is 9.53 Å². The van der Waals surface area contributed by atoms with Gasteiger partial charge in [0.15, 0.2) is 5.76 Å². The molecule has 1 saturated heterocycles. The average Bonchev–Trinajstić information content (AvgIpc) is 3.48. The van der Waals surface area contributed by atoms with Crippen molar-refractivity contribution in [2.24, 2.45) is 0 Å². The molecule has 4 heterocycles. The van der Waals surface area contributed by atoms with E-state index in [4.69, 9.17) is 9.15 Å². The molecule has 0 radical (unpaired) electrons. The predicted octanol–water partition coefficient (Wildman–Crippen LogP) is 1.97. The summed E-state index contributed by atoms with van der Waals surface area (Å²) in [5, 5.41) is 7.53. The van der Waals surface area contributed by atoms with Gasteiger partial charge in [0.2, 0.25) is 0 Å². The lowest BCUT2D eigenvalue weighted by Gasteiger charge is -2.36. The molecule has 31 heavy (non-hydrogen) atoms. The van der Waals surface area contributed by atoms with Gasteiger partial charge >= 0.3 is 12.0 Å². The normalized spacial score (nSPS) is 19.7. The van der Waals surface area contributed by atoms with E-state index in [0.29, 0.717) is 49.8 Å². The molecule has 0 aromatic carbocycles. The van der Waals surface area contributed by atoms with Crippen molar-refractivity contribution in [2.45, 2.75) is 13.0 Å². The Labute approximate surface area is 183 Å². The minimum absolute atomic E-state index is 0.135. The van der Waals surface area contributed by atoms with Gasteiger partial charge in [0.1, 0.15) is 0 Å². The van der Waals surface area contributed by atoms with Crippen LogP contribution >= 0.6 is 11.3 Å². The number of furan rings is 1. The van der Waals surface area contributed by atoms with Crippen LogP contribution in [0, 0.1) is 0 Å². The lowest BCUT2D eigenvalue weighted by molar-refractivity contribution is -0.139. The van der Waals surface area contributed by atoms with Crippen LogP contribution in [0.25, 0.3) is 0 Å². The van der Waals surface area contributed by atoms with Crippen LogP contribution in [-0.4, -0.2) is 67.0 Å². The molecular weight excluding hydrogens is 420 g/mol. The molecule has 164 valence electrons. The molecular formula is C21H24N4O5S. The van der Waals surface area contributed by atoms with Gasteiger partial charge in [-0.25, -0.2) is 9.59 Å². The molecule has 2 N–H and O–H groups in total. The van der Waals surface area contributed by atoms with E-state index in [0.717, 1.165) is 4.88 Å². The fourth-order valence-electron chi connectivity index (χ4n) is 3.75. The van der Waals surface area contributed by atoms with Gasteiger partial charge in [-0.2, -0.15) is 0 Å². The highest BCUT2D eigenvalue weighted by Gasteiger charge is 2.35.